The number of hydrogen-bond acceptors (Lipinski definition) is 7. The second-order valence-electron chi connectivity index (χ2n) is 10.5. The first kappa shape index (κ1) is 33.2. The summed E-state index contributed by atoms with van der Waals surface area (Å²) in [6.45, 7) is 6.20. The average Bonchev–Trinajstić information content (AvgIpc) is 2.96. The molecule has 2 aromatic carbocycles. The summed E-state index contributed by atoms with van der Waals surface area (Å²) < 4.78 is 50.9. The Kier molecular flexibility index (Phi) is 12.0. The fourth-order valence-corrected chi connectivity index (χ4v) is 5.04. The highest BCUT2D eigenvalue weighted by Gasteiger charge is 2.33. The van der Waals surface area contributed by atoms with Crippen LogP contribution in [0.4, 0.5) is 18.9 Å². The van der Waals surface area contributed by atoms with Crippen LogP contribution in [0.5, 0.6) is 5.75 Å². The van der Waals surface area contributed by atoms with Crippen molar-refractivity contribution in [3.63, 3.8) is 0 Å². The third kappa shape index (κ3) is 9.07. The van der Waals surface area contributed by atoms with E-state index in [9.17, 15) is 22.8 Å². The summed E-state index contributed by atoms with van der Waals surface area (Å²) in [5.41, 5.74) is 2.38. The number of carbonyl (C=O) groups excluding carboxylic acids is 2. The summed E-state index contributed by atoms with van der Waals surface area (Å²) in [7, 11) is 4.82. The van der Waals surface area contributed by atoms with E-state index in [-0.39, 0.29) is 30.9 Å². The van der Waals surface area contributed by atoms with Gasteiger partial charge in [0, 0.05) is 58.0 Å². The largest absolute Gasteiger partial charge is 0.497 e. The second-order valence-corrected chi connectivity index (χ2v) is 10.5. The van der Waals surface area contributed by atoms with Gasteiger partial charge in [0.05, 0.1) is 25.8 Å². The fourth-order valence-electron chi connectivity index (χ4n) is 5.04. The number of methoxy groups -OCH3 is 2. The lowest BCUT2D eigenvalue weighted by molar-refractivity contribution is -0.137. The van der Waals surface area contributed by atoms with Crippen molar-refractivity contribution in [2.75, 3.05) is 65.5 Å². The topological polar surface area (TPSA) is 95.2 Å². The molecule has 1 heterocycles. The molecule has 2 aromatic rings. The normalized spacial score (nSPS) is 15.3. The van der Waals surface area contributed by atoms with Gasteiger partial charge < -0.3 is 35.2 Å². The van der Waals surface area contributed by atoms with Crippen LogP contribution in [0, 0.1) is 6.92 Å². The van der Waals surface area contributed by atoms with Crippen molar-refractivity contribution in [2.45, 2.75) is 45.1 Å². The quantitative estimate of drug-likeness (QED) is 0.329. The number of likely N-dealkylation sites (N-methyl/N-ethyl adjacent to an activating group) is 1. The molecule has 3 rings (SSSR count). The number of nitrogens with one attached hydrogen (secondary N) is 3. The fraction of sp³-hybridized carbons (Fsp3) is 0.533. The maximum atomic E-state index is 13.7. The van der Waals surface area contributed by atoms with Gasteiger partial charge in [0.15, 0.2) is 0 Å². The molecule has 232 valence electrons. The van der Waals surface area contributed by atoms with Crippen LogP contribution >= 0.6 is 0 Å². The van der Waals surface area contributed by atoms with Gasteiger partial charge in [-0.05, 0) is 67.9 Å². The Morgan fingerprint density at radius 2 is 1.74 bits per heavy atom. The van der Waals surface area contributed by atoms with E-state index in [1.165, 1.54) is 12.1 Å². The van der Waals surface area contributed by atoms with E-state index >= 15 is 0 Å². The lowest BCUT2D eigenvalue weighted by Crippen LogP contribution is -2.56. The molecule has 12 heteroatoms. The number of hydrogen-bond donors (Lipinski definition) is 3. The van der Waals surface area contributed by atoms with Crippen molar-refractivity contribution < 1.29 is 32.2 Å². The SMILES string of the molecule is CNCC(=O)N[C@H](Cc1ccc(OC)cc1C)C(=O)N1CCN(c2ccc(C(F)(F)F)cc2CNC(C)COC)CC1. The highest BCUT2D eigenvalue weighted by atomic mass is 19.4. The van der Waals surface area contributed by atoms with E-state index in [1.54, 1.807) is 26.2 Å². The van der Waals surface area contributed by atoms with Gasteiger partial charge >= 0.3 is 6.18 Å². The number of aryl methyl sites for hydroxylation is 1. The molecule has 42 heavy (non-hydrogen) atoms. The Hall–Kier alpha value is -3.35. The summed E-state index contributed by atoms with van der Waals surface area (Å²) in [4.78, 5) is 29.9. The van der Waals surface area contributed by atoms with Gasteiger partial charge in [-0.2, -0.15) is 13.2 Å². The molecule has 3 N–H and O–H groups in total. The zero-order valence-corrected chi connectivity index (χ0v) is 24.9. The highest BCUT2D eigenvalue weighted by Crippen LogP contribution is 2.33. The standard InChI is InChI=1S/C30H42F3N5O4/c1-20-14-25(42-5)8-6-22(20)16-26(36-28(39)18-34-3)29(40)38-12-10-37(11-13-38)27-9-7-24(30(31,32)33)15-23(27)17-35-21(2)19-41-4/h6-9,14-15,21,26,34-35H,10-13,16-19H2,1-5H3,(H,36,39)/t21?,26-/m1/s1. The number of carbonyl (C=O) groups is 2. The minimum Gasteiger partial charge on any atom is -0.497 e. The molecule has 0 spiro atoms. The van der Waals surface area contributed by atoms with E-state index in [2.05, 4.69) is 16.0 Å². The molecular weight excluding hydrogens is 551 g/mol. The van der Waals surface area contributed by atoms with E-state index in [0.717, 1.165) is 17.2 Å². The van der Waals surface area contributed by atoms with Crippen molar-refractivity contribution in [1.29, 1.82) is 0 Å². The lowest BCUT2D eigenvalue weighted by Gasteiger charge is -2.38. The minimum absolute atomic E-state index is 0.0451. The van der Waals surface area contributed by atoms with Crippen LogP contribution in [0.1, 0.15) is 29.2 Å². The number of nitrogens with zero attached hydrogens (tertiary/aromatic N) is 2. The molecule has 1 aliphatic heterocycles. The Labute approximate surface area is 245 Å². The number of ether oxygens (including phenoxy) is 2. The molecule has 1 unspecified atom stereocenters. The van der Waals surface area contributed by atoms with Crippen LogP contribution in [0.25, 0.3) is 0 Å². The lowest BCUT2D eigenvalue weighted by atomic mass is 9.99. The first-order valence-corrected chi connectivity index (χ1v) is 14.0. The molecule has 9 nitrogen and oxygen atoms in total. The van der Waals surface area contributed by atoms with Gasteiger partial charge in [-0.1, -0.05) is 6.07 Å². The van der Waals surface area contributed by atoms with Crippen molar-refractivity contribution in [3.05, 3.63) is 58.7 Å². The molecule has 1 saturated heterocycles. The van der Waals surface area contributed by atoms with Crippen molar-refractivity contribution in [3.8, 4) is 5.75 Å². The smallest absolute Gasteiger partial charge is 0.416 e. The first-order chi connectivity index (χ1) is 20.0. The summed E-state index contributed by atoms with van der Waals surface area (Å²) in [6, 6.07) is 8.58. The zero-order valence-electron chi connectivity index (χ0n) is 24.9. The third-order valence-corrected chi connectivity index (χ3v) is 7.34. The van der Waals surface area contributed by atoms with E-state index < -0.39 is 17.8 Å². The van der Waals surface area contributed by atoms with E-state index in [1.807, 2.05) is 36.9 Å². The molecular formula is C30H42F3N5O4. The molecule has 0 aromatic heterocycles. The number of anilines is 1. The number of piperazine rings is 1. The van der Waals surface area contributed by atoms with Crippen molar-refractivity contribution in [2.24, 2.45) is 0 Å². The maximum Gasteiger partial charge on any atom is 0.416 e. The van der Waals surface area contributed by atoms with Gasteiger partial charge in [-0.25, -0.2) is 0 Å². The molecule has 0 bridgehead atoms. The molecule has 1 aliphatic rings. The van der Waals surface area contributed by atoms with Crippen molar-refractivity contribution in [1.82, 2.24) is 20.9 Å². The Morgan fingerprint density at radius 1 is 1.02 bits per heavy atom. The predicted octanol–water partition coefficient (Wildman–Crippen LogP) is 2.74. The molecule has 0 aliphatic carbocycles. The van der Waals surface area contributed by atoms with Crippen molar-refractivity contribution >= 4 is 17.5 Å². The van der Waals surface area contributed by atoms with Gasteiger partial charge in [0.1, 0.15) is 11.8 Å². The van der Waals surface area contributed by atoms with Gasteiger partial charge in [0.25, 0.3) is 0 Å². The molecule has 1 fully saturated rings. The van der Waals surface area contributed by atoms with Crippen LogP contribution in [-0.4, -0.2) is 89.4 Å². The molecule has 2 atom stereocenters. The van der Waals surface area contributed by atoms with Crippen LogP contribution in [0.15, 0.2) is 36.4 Å². The number of rotatable bonds is 13. The molecule has 0 radical (unpaired) electrons. The Morgan fingerprint density at radius 3 is 2.33 bits per heavy atom. The Balaban J connectivity index is 1.75. The van der Waals surface area contributed by atoms with Crippen LogP contribution in [-0.2, 0) is 33.5 Å². The van der Waals surface area contributed by atoms with E-state index in [4.69, 9.17) is 9.47 Å². The second kappa shape index (κ2) is 15.2. The number of benzene rings is 2. The average molecular weight is 594 g/mol. The summed E-state index contributed by atoms with van der Waals surface area (Å²) >= 11 is 0. The summed E-state index contributed by atoms with van der Waals surface area (Å²) in [5, 5.41) is 8.90. The maximum absolute atomic E-state index is 13.7. The predicted molar refractivity (Wildman–Crippen MR) is 156 cm³/mol. The third-order valence-electron chi connectivity index (χ3n) is 7.34. The van der Waals surface area contributed by atoms with Crippen LogP contribution < -0.4 is 25.6 Å². The van der Waals surface area contributed by atoms with Crippen LogP contribution in [0.2, 0.25) is 0 Å². The zero-order chi connectivity index (χ0) is 30.9. The minimum atomic E-state index is -4.45. The number of halogens is 3. The van der Waals surface area contributed by atoms with Gasteiger partial charge in [-0.15, -0.1) is 0 Å². The number of alkyl halides is 3. The number of amides is 2. The summed E-state index contributed by atoms with van der Waals surface area (Å²) in [6.07, 6.45) is -4.13. The van der Waals surface area contributed by atoms with E-state index in [0.29, 0.717) is 56.2 Å². The van der Waals surface area contributed by atoms with Gasteiger partial charge in [-0.3, -0.25) is 9.59 Å². The van der Waals surface area contributed by atoms with Gasteiger partial charge in [0.2, 0.25) is 11.8 Å². The highest BCUT2D eigenvalue weighted by molar-refractivity contribution is 5.88. The Bertz CT molecular complexity index is 1200. The molecule has 0 saturated carbocycles. The first-order valence-electron chi connectivity index (χ1n) is 14.0. The van der Waals surface area contributed by atoms with Crippen LogP contribution in [0.3, 0.4) is 0 Å². The monoisotopic (exact) mass is 593 g/mol. The summed E-state index contributed by atoms with van der Waals surface area (Å²) in [5.74, 6) is 0.225. The molecule has 2 amide bonds.